The lowest BCUT2D eigenvalue weighted by molar-refractivity contribution is -0.146. The van der Waals surface area contributed by atoms with Gasteiger partial charge in [0.1, 0.15) is 6.10 Å². The third-order valence-electron chi connectivity index (χ3n) is 4.44. The summed E-state index contributed by atoms with van der Waals surface area (Å²) in [4.78, 5) is 38.1. The van der Waals surface area contributed by atoms with Crippen LogP contribution in [-0.4, -0.2) is 41.3 Å². The van der Waals surface area contributed by atoms with E-state index in [0.717, 1.165) is 5.56 Å². The number of hydrogen-bond donors (Lipinski definition) is 0. The summed E-state index contributed by atoms with van der Waals surface area (Å²) in [6, 6.07) is 12.4. The van der Waals surface area contributed by atoms with E-state index in [1.807, 2.05) is 30.3 Å². The van der Waals surface area contributed by atoms with Gasteiger partial charge in [0.15, 0.2) is 11.5 Å². The zero-order valence-corrected chi connectivity index (χ0v) is 14.6. The van der Waals surface area contributed by atoms with E-state index in [9.17, 15) is 14.4 Å². The van der Waals surface area contributed by atoms with Crippen molar-refractivity contribution in [2.24, 2.45) is 0 Å². The number of benzene rings is 1. The van der Waals surface area contributed by atoms with Gasteiger partial charge in [-0.1, -0.05) is 30.3 Å². The topological polar surface area (TPSA) is 76.8 Å². The van der Waals surface area contributed by atoms with E-state index in [2.05, 4.69) is 0 Å². The molecule has 1 aliphatic rings. The summed E-state index contributed by atoms with van der Waals surface area (Å²) < 4.78 is 10.4. The van der Waals surface area contributed by atoms with Crippen LogP contribution in [0.4, 0.5) is 0 Å². The first-order valence-corrected chi connectivity index (χ1v) is 8.60. The van der Waals surface area contributed by atoms with Crippen LogP contribution in [0, 0.1) is 0 Å². The molecule has 6 nitrogen and oxygen atoms in total. The van der Waals surface area contributed by atoms with Gasteiger partial charge in [0.05, 0.1) is 19.2 Å². The highest BCUT2D eigenvalue weighted by molar-refractivity contribution is 5.94. The number of rotatable bonds is 6. The second kappa shape index (κ2) is 7.99. The largest absolute Gasteiger partial charge is 0.461 e. The highest BCUT2D eigenvalue weighted by Crippen LogP contribution is 2.25. The number of hydrogen-bond acceptors (Lipinski definition) is 5. The first-order chi connectivity index (χ1) is 12.5. The average molecular weight is 355 g/mol. The summed E-state index contributed by atoms with van der Waals surface area (Å²) in [7, 11) is 0. The zero-order chi connectivity index (χ0) is 18.5. The molecule has 0 radical (unpaired) electrons. The molecule has 136 valence electrons. The molecule has 2 heterocycles. The number of carbonyl (C=O) groups excluding carboxylic acids is 3. The summed E-state index contributed by atoms with van der Waals surface area (Å²) in [6.07, 6.45) is 1.90. The first-order valence-electron chi connectivity index (χ1n) is 8.60. The van der Waals surface area contributed by atoms with Gasteiger partial charge in [-0.25, -0.2) is 0 Å². The summed E-state index contributed by atoms with van der Waals surface area (Å²) >= 11 is 0. The Labute approximate surface area is 151 Å². The van der Waals surface area contributed by atoms with Gasteiger partial charge in [-0.2, -0.15) is 0 Å². The number of Topliss-reactive ketones (excluding diaryl/α,β-unsaturated/α-hetero) is 1. The Hall–Kier alpha value is -2.89. The van der Waals surface area contributed by atoms with Crippen LogP contribution in [0.2, 0.25) is 0 Å². The summed E-state index contributed by atoms with van der Waals surface area (Å²) in [6.45, 7) is 1.65. The van der Waals surface area contributed by atoms with Crippen molar-refractivity contribution in [2.75, 3.05) is 6.54 Å². The Balaban J connectivity index is 1.71. The Morgan fingerprint density at radius 1 is 1.15 bits per heavy atom. The molecule has 2 atom stereocenters. The Bertz CT molecular complexity index is 769. The van der Waals surface area contributed by atoms with Crippen LogP contribution in [-0.2, 0) is 20.7 Å². The van der Waals surface area contributed by atoms with E-state index in [1.54, 1.807) is 17.0 Å². The van der Waals surface area contributed by atoms with E-state index in [0.29, 0.717) is 13.0 Å². The van der Waals surface area contributed by atoms with Crippen LogP contribution in [0.1, 0.15) is 35.9 Å². The van der Waals surface area contributed by atoms with Gasteiger partial charge in [0.25, 0.3) is 0 Å². The van der Waals surface area contributed by atoms with Crippen LogP contribution in [0.15, 0.2) is 53.1 Å². The Morgan fingerprint density at radius 2 is 1.92 bits per heavy atom. The first kappa shape index (κ1) is 17.9. The standard InChI is InChI=1S/C20H21NO5/c1-14(22)26-17-11-16(12-18(23)19-8-5-9-25-19)21(13-17)20(24)10-15-6-3-2-4-7-15/h2-9,16-17H,10-13H2,1H3/t16-,17+/m0/s1. The molecule has 2 aromatic rings. The predicted octanol–water partition coefficient (Wildman–Crippen LogP) is 2.63. The number of ketones is 1. The van der Waals surface area contributed by atoms with Crippen LogP contribution in [0.25, 0.3) is 0 Å². The van der Waals surface area contributed by atoms with Gasteiger partial charge in [0.2, 0.25) is 5.91 Å². The minimum absolute atomic E-state index is 0.0805. The summed E-state index contributed by atoms with van der Waals surface area (Å²) in [5.41, 5.74) is 0.907. The molecule has 3 rings (SSSR count). The lowest BCUT2D eigenvalue weighted by Gasteiger charge is -2.23. The van der Waals surface area contributed by atoms with E-state index >= 15 is 0 Å². The number of likely N-dealkylation sites (tertiary alicyclic amines) is 1. The molecule has 1 aromatic heterocycles. The third-order valence-corrected chi connectivity index (χ3v) is 4.44. The lowest BCUT2D eigenvalue weighted by Crippen LogP contribution is -2.38. The molecular formula is C20H21NO5. The maximum absolute atomic E-state index is 12.8. The molecule has 1 aromatic carbocycles. The van der Waals surface area contributed by atoms with Gasteiger partial charge in [-0.3, -0.25) is 14.4 Å². The van der Waals surface area contributed by atoms with E-state index in [-0.39, 0.29) is 48.4 Å². The fourth-order valence-corrected chi connectivity index (χ4v) is 3.32. The maximum Gasteiger partial charge on any atom is 0.302 e. The van der Waals surface area contributed by atoms with Crippen molar-refractivity contribution in [1.29, 1.82) is 0 Å². The predicted molar refractivity (Wildman–Crippen MR) is 93.5 cm³/mol. The fraction of sp³-hybridized carbons (Fsp3) is 0.350. The van der Waals surface area contributed by atoms with Gasteiger partial charge >= 0.3 is 5.97 Å². The molecule has 0 unspecified atom stereocenters. The van der Waals surface area contributed by atoms with E-state index in [4.69, 9.17) is 9.15 Å². The number of ether oxygens (including phenoxy) is 1. The van der Waals surface area contributed by atoms with E-state index in [1.165, 1.54) is 13.2 Å². The van der Waals surface area contributed by atoms with Crippen molar-refractivity contribution >= 4 is 17.7 Å². The monoisotopic (exact) mass is 355 g/mol. The Morgan fingerprint density at radius 3 is 2.58 bits per heavy atom. The molecule has 1 aliphatic heterocycles. The molecule has 1 amide bonds. The SMILES string of the molecule is CC(=O)O[C@@H]1C[C@@H](CC(=O)c2ccco2)N(C(=O)Cc2ccccc2)C1. The molecule has 0 saturated carbocycles. The lowest BCUT2D eigenvalue weighted by atomic mass is 10.0. The van der Waals surface area contributed by atoms with Crippen molar-refractivity contribution in [3.05, 3.63) is 60.1 Å². The molecule has 1 fully saturated rings. The fourth-order valence-electron chi connectivity index (χ4n) is 3.32. The van der Waals surface area contributed by atoms with E-state index < -0.39 is 0 Å². The zero-order valence-electron chi connectivity index (χ0n) is 14.6. The number of esters is 1. The van der Waals surface area contributed by atoms with Gasteiger partial charge in [0, 0.05) is 25.8 Å². The van der Waals surface area contributed by atoms with Crippen molar-refractivity contribution in [3.8, 4) is 0 Å². The third kappa shape index (κ3) is 4.39. The molecular weight excluding hydrogens is 334 g/mol. The molecule has 0 bridgehead atoms. The van der Waals surface area contributed by atoms with Gasteiger partial charge in [-0.05, 0) is 17.7 Å². The van der Waals surface area contributed by atoms with Gasteiger partial charge < -0.3 is 14.1 Å². The summed E-state index contributed by atoms with van der Waals surface area (Å²) in [5.74, 6) is -0.357. The van der Waals surface area contributed by atoms with Crippen molar-refractivity contribution in [1.82, 2.24) is 4.90 Å². The van der Waals surface area contributed by atoms with Gasteiger partial charge in [-0.15, -0.1) is 0 Å². The highest BCUT2D eigenvalue weighted by atomic mass is 16.5. The number of amides is 1. The smallest absolute Gasteiger partial charge is 0.302 e. The normalized spacial score (nSPS) is 19.3. The van der Waals surface area contributed by atoms with Crippen molar-refractivity contribution < 1.29 is 23.5 Å². The van der Waals surface area contributed by atoms with Crippen LogP contribution in [0.3, 0.4) is 0 Å². The number of nitrogens with zero attached hydrogens (tertiary/aromatic N) is 1. The van der Waals surface area contributed by atoms with Crippen LogP contribution >= 0.6 is 0 Å². The van der Waals surface area contributed by atoms with Crippen LogP contribution in [0.5, 0.6) is 0 Å². The molecule has 0 spiro atoms. The molecule has 6 heteroatoms. The molecule has 26 heavy (non-hydrogen) atoms. The maximum atomic E-state index is 12.8. The molecule has 1 saturated heterocycles. The minimum atomic E-state index is -0.387. The molecule has 0 N–H and O–H groups in total. The highest BCUT2D eigenvalue weighted by Gasteiger charge is 2.38. The summed E-state index contributed by atoms with van der Waals surface area (Å²) in [5, 5.41) is 0. The second-order valence-electron chi connectivity index (χ2n) is 6.43. The van der Waals surface area contributed by atoms with Crippen molar-refractivity contribution in [2.45, 2.75) is 38.3 Å². The number of furan rings is 1. The molecule has 0 aliphatic carbocycles. The second-order valence-corrected chi connectivity index (χ2v) is 6.43. The van der Waals surface area contributed by atoms with Crippen molar-refractivity contribution in [3.63, 3.8) is 0 Å². The average Bonchev–Trinajstić information content (AvgIpc) is 3.25. The van der Waals surface area contributed by atoms with Crippen LogP contribution < -0.4 is 0 Å². The quantitative estimate of drug-likeness (QED) is 0.588. The Kier molecular flexibility index (Phi) is 5.51. The minimum Gasteiger partial charge on any atom is -0.461 e. The number of carbonyl (C=O) groups is 3.